The van der Waals surface area contributed by atoms with E-state index in [1.54, 1.807) is 4.90 Å². The van der Waals surface area contributed by atoms with Gasteiger partial charge >= 0.3 is 0 Å². The van der Waals surface area contributed by atoms with E-state index < -0.39 is 0 Å². The average molecular weight is 228 g/mol. The minimum atomic E-state index is -0.0918. The van der Waals surface area contributed by atoms with Gasteiger partial charge in [0, 0.05) is 12.2 Å². The summed E-state index contributed by atoms with van der Waals surface area (Å²) < 4.78 is 4.86. The minimum Gasteiger partial charge on any atom is -0.451 e. The molecule has 3 rings (SSSR count). The van der Waals surface area contributed by atoms with Gasteiger partial charge in [-0.15, -0.1) is 0 Å². The van der Waals surface area contributed by atoms with Crippen LogP contribution in [0.15, 0.2) is 41.3 Å². The number of hydrogen-bond donors (Lipinski definition) is 0. The van der Waals surface area contributed by atoms with Gasteiger partial charge in [-0.05, 0) is 24.5 Å². The van der Waals surface area contributed by atoms with Crippen molar-refractivity contribution in [1.29, 1.82) is 0 Å². The van der Waals surface area contributed by atoms with Gasteiger partial charge in [0.25, 0.3) is 5.91 Å². The molecule has 0 bridgehead atoms. The van der Waals surface area contributed by atoms with Crippen molar-refractivity contribution in [3.8, 4) is 0 Å². The van der Waals surface area contributed by atoms with Crippen LogP contribution >= 0.6 is 0 Å². The van der Waals surface area contributed by atoms with Gasteiger partial charge in [0.2, 0.25) is 0 Å². The summed E-state index contributed by atoms with van der Waals surface area (Å²) in [5.74, 6) is -0.0918. The third kappa shape index (κ3) is 1.71. The van der Waals surface area contributed by atoms with Crippen LogP contribution in [-0.4, -0.2) is 17.4 Å². The number of benzene rings is 1. The predicted molar refractivity (Wildman–Crippen MR) is 62.9 cm³/mol. The smallest absolute Gasteiger partial charge is 0.280 e. The lowest BCUT2D eigenvalue weighted by Crippen LogP contribution is -2.35. The molecular weight excluding hydrogens is 216 g/mol. The zero-order valence-corrected chi connectivity index (χ0v) is 9.30. The van der Waals surface area contributed by atoms with Crippen molar-refractivity contribution in [3.63, 3.8) is 0 Å². The Balaban J connectivity index is 1.98. The molecule has 1 amide bonds. The van der Waals surface area contributed by atoms with E-state index in [-0.39, 0.29) is 5.91 Å². The van der Waals surface area contributed by atoms with E-state index in [1.165, 1.54) is 18.2 Å². The number of oxazole rings is 1. The number of para-hydroxylation sites is 1. The van der Waals surface area contributed by atoms with Crippen molar-refractivity contribution < 1.29 is 9.21 Å². The van der Waals surface area contributed by atoms with Crippen LogP contribution in [0.1, 0.15) is 22.5 Å². The molecule has 0 aliphatic carbocycles. The first kappa shape index (κ1) is 10.1. The number of anilines is 1. The molecule has 2 heterocycles. The van der Waals surface area contributed by atoms with Crippen molar-refractivity contribution in [2.45, 2.75) is 12.8 Å². The van der Waals surface area contributed by atoms with Crippen molar-refractivity contribution >= 4 is 11.6 Å². The Labute approximate surface area is 98.9 Å². The second kappa shape index (κ2) is 4.05. The van der Waals surface area contributed by atoms with Crippen LogP contribution in [0.5, 0.6) is 0 Å². The number of nitrogens with zero attached hydrogens (tertiary/aromatic N) is 2. The van der Waals surface area contributed by atoms with E-state index in [9.17, 15) is 4.79 Å². The molecule has 0 atom stereocenters. The number of fused-ring (bicyclic) bond motifs is 1. The molecule has 1 aliphatic heterocycles. The van der Waals surface area contributed by atoms with Gasteiger partial charge < -0.3 is 9.32 Å². The van der Waals surface area contributed by atoms with Crippen LogP contribution in [0.3, 0.4) is 0 Å². The maximum Gasteiger partial charge on any atom is 0.280 e. The summed E-state index contributed by atoms with van der Waals surface area (Å²) in [4.78, 5) is 17.9. The number of hydrogen-bond acceptors (Lipinski definition) is 3. The molecule has 0 radical (unpaired) electrons. The summed E-state index contributed by atoms with van der Waals surface area (Å²) in [5, 5.41) is 0. The quantitative estimate of drug-likeness (QED) is 0.752. The molecule has 0 fully saturated rings. The highest BCUT2D eigenvalue weighted by atomic mass is 16.3. The largest absolute Gasteiger partial charge is 0.451 e. The number of aromatic nitrogens is 1. The number of amides is 1. The van der Waals surface area contributed by atoms with Crippen molar-refractivity contribution in [3.05, 3.63) is 48.2 Å². The van der Waals surface area contributed by atoms with Crippen LogP contribution in [0.2, 0.25) is 0 Å². The van der Waals surface area contributed by atoms with Crippen LogP contribution in [0.25, 0.3) is 0 Å². The fourth-order valence-electron chi connectivity index (χ4n) is 2.20. The lowest BCUT2D eigenvalue weighted by molar-refractivity contribution is 0.0980. The van der Waals surface area contributed by atoms with Gasteiger partial charge in [0.05, 0.1) is 0 Å². The molecule has 0 N–H and O–H groups in total. The van der Waals surface area contributed by atoms with Crippen LogP contribution in [-0.2, 0) is 6.42 Å². The molecule has 0 saturated carbocycles. The molecule has 1 aromatic carbocycles. The second-order valence-electron chi connectivity index (χ2n) is 4.06. The van der Waals surface area contributed by atoms with E-state index in [0.29, 0.717) is 5.69 Å². The molecule has 1 aliphatic rings. The van der Waals surface area contributed by atoms with Gasteiger partial charge in [0.1, 0.15) is 6.26 Å². The molecule has 17 heavy (non-hydrogen) atoms. The molecule has 86 valence electrons. The highest BCUT2D eigenvalue weighted by Crippen LogP contribution is 2.27. The van der Waals surface area contributed by atoms with E-state index in [1.807, 2.05) is 18.2 Å². The number of carbonyl (C=O) groups excluding carboxylic acids is 1. The number of aryl methyl sites for hydroxylation is 1. The fraction of sp³-hybridized carbons (Fsp3) is 0.231. The molecule has 0 saturated heterocycles. The highest BCUT2D eigenvalue weighted by molar-refractivity contribution is 6.05. The molecule has 1 aromatic heterocycles. The summed E-state index contributed by atoms with van der Waals surface area (Å²) in [7, 11) is 0. The van der Waals surface area contributed by atoms with Gasteiger partial charge in [-0.2, -0.15) is 0 Å². The molecule has 4 heteroatoms. The number of rotatable bonds is 1. The maximum atomic E-state index is 12.2. The zero-order valence-electron chi connectivity index (χ0n) is 9.30. The van der Waals surface area contributed by atoms with E-state index in [2.05, 4.69) is 11.1 Å². The van der Waals surface area contributed by atoms with Gasteiger partial charge in [-0.25, -0.2) is 4.98 Å². The Bertz CT molecular complexity index is 534. The second-order valence-corrected chi connectivity index (χ2v) is 4.06. The predicted octanol–water partition coefficient (Wildman–Crippen LogP) is 2.27. The van der Waals surface area contributed by atoms with Gasteiger partial charge in [-0.1, -0.05) is 18.2 Å². The highest BCUT2D eigenvalue weighted by Gasteiger charge is 2.24. The average Bonchev–Trinajstić information content (AvgIpc) is 2.91. The minimum absolute atomic E-state index is 0.0918. The summed E-state index contributed by atoms with van der Waals surface area (Å²) in [6, 6.07) is 8.00. The Morgan fingerprint density at radius 3 is 3.06 bits per heavy atom. The topological polar surface area (TPSA) is 46.3 Å². The third-order valence-electron chi connectivity index (χ3n) is 3.01. The van der Waals surface area contributed by atoms with Crippen LogP contribution in [0.4, 0.5) is 5.69 Å². The van der Waals surface area contributed by atoms with Crippen molar-refractivity contribution in [2.24, 2.45) is 0 Å². The standard InChI is InChI=1S/C13H12N2O2/c16-13(11-8-17-9-14-11)15-7-3-5-10-4-1-2-6-12(10)15/h1-2,4,6,8-9H,3,5,7H2. The molecule has 0 unspecified atom stereocenters. The summed E-state index contributed by atoms with van der Waals surface area (Å²) in [5.41, 5.74) is 2.57. The Hall–Kier alpha value is -2.10. The third-order valence-corrected chi connectivity index (χ3v) is 3.01. The maximum absolute atomic E-state index is 12.2. The monoisotopic (exact) mass is 228 g/mol. The SMILES string of the molecule is O=C(c1cocn1)N1CCCc2ccccc21. The van der Waals surface area contributed by atoms with Crippen LogP contribution in [0, 0.1) is 0 Å². The Morgan fingerprint density at radius 2 is 2.24 bits per heavy atom. The summed E-state index contributed by atoms with van der Waals surface area (Å²) in [6.07, 6.45) is 4.68. The Morgan fingerprint density at radius 1 is 1.35 bits per heavy atom. The van der Waals surface area contributed by atoms with Gasteiger partial charge in [0.15, 0.2) is 12.1 Å². The first-order valence-corrected chi connectivity index (χ1v) is 5.64. The summed E-state index contributed by atoms with van der Waals surface area (Å²) in [6.45, 7) is 0.739. The van der Waals surface area contributed by atoms with E-state index >= 15 is 0 Å². The van der Waals surface area contributed by atoms with Gasteiger partial charge in [-0.3, -0.25) is 4.79 Å². The number of carbonyl (C=O) groups is 1. The molecule has 4 nitrogen and oxygen atoms in total. The van der Waals surface area contributed by atoms with Crippen molar-refractivity contribution in [1.82, 2.24) is 4.98 Å². The lowest BCUT2D eigenvalue weighted by Gasteiger charge is -2.28. The van der Waals surface area contributed by atoms with Crippen molar-refractivity contribution in [2.75, 3.05) is 11.4 Å². The van der Waals surface area contributed by atoms with E-state index in [4.69, 9.17) is 4.42 Å². The summed E-state index contributed by atoms with van der Waals surface area (Å²) >= 11 is 0. The first-order valence-electron chi connectivity index (χ1n) is 5.64. The fourth-order valence-corrected chi connectivity index (χ4v) is 2.20. The lowest BCUT2D eigenvalue weighted by atomic mass is 10.0. The normalized spacial score (nSPS) is 14.5. The molecular formula is C13H12N2O2. The van der Waals surface area contributed by atoms with Crippen LogP contribution < -0.4 is 4.90 Å². The molecule has 0 spiro atoms. The Kier molecular flexibility index (Phi) is 2.40. The first-order chi connectivity index (χ1) is 8.36. The zero-order chi connectivity index (χ0) is 11.7. The van der Waals surface area contributed by atoms with E-state index in [0.717, 1.165) is 25.1 Å². The molecule has 2 aromatic rings.